The molecule has 1 aliphatic rings. The first-order chi connectivity index (χ1) is 12.2. The van der Waals surface area contributed by atoms with Gasteiger partial charge in [-0.25, -0.2) is 0 Å². The molecule has 2 aromatic rings. The lowest BCUT2D eigenvalue weighted by Gasteiger charge is -2.11. The summed E-state index contributed by atoms with van der Waals surface area (Å²) in [5, 5.41) is 5.80. The maximum atomic E-state index is 12.3. The molecule has 25 heavy (non-hydrogen) atoms. The van der Waals surface area contributed by atoms with E-state index in [1.165, 1.54) is 0 Å². The molecule has 0 aromatic heterocycles. The molecule has 0 heterocycles. The quantitative estimate of drug-likeness (QED) is 0.815. The van der Waals surface area contributed by atoms with Gasteiger partial charge in [0.05, 0.1) is 18.4 Å². The fourth-order valence-corrected chi connectivity index (χ4v) is 2.54. The third-order valence-electron chi connectivity index (χ3n) is 4.16. The van der Waals surface area contributed by atoms with Gasteiger partial charge in [-0.2, -0.15) is 0 Å². The number of methoxy groups -OCH3 is 1. The maximum absolute atomic E-state index is 12.3. The standard InChI is InChI=1S/C20H22N2O3/c1-25-16-11-6-14(7-12-16)8-13-19(23)22-18-5-3-2-4-17(18)20(24)21-15-9-10-15/h2-7,11-12,15H,8-10,13H2,1H3,(H,21,24)(H,22,23). The zero-order chi connectivity index (χ0) is 17.6. The minimum absolute atomic E-state index is 0.109. The fourth-order valence-electron chi connectivity index (χ4n) is 2.54. The molecule has 0 spiro atoms. The van der Waals surface area contributed by atoms with Crippen molar-refractivity contribution in [2.45, 2.75) is 31.7 Å². The Hall–Kier alpha value is -2.82. The van der Waals surface area contributed by atoms with Crippen molar-refractivity contribution in [1.82, 2.24) is 5.32 Å². The lowest BCUT2D eigenvalue weighted by molar-refractivity contribution is -0.116. The minimum Gasteiger partial charge on any atom is -0.497 e. The molecule has 5 heteroatoms. The molecule has 0 aliphatic heterocycles. The van der Waals surface area contributed by atoms with Crippen LogP contribution in [0.25, 0.3) is 0 Å². The number of carbonyl (C=O) groups excluding carboxylic acids is 2. The van der Waals surface area contributed by atoms with E-state index in [9.17, 15) is 9.59 Å². The van der Waals surface area contributed by atoms with Crippen LogP contribution in [0.15, 0.2) is 48.5 Å². The molecule has 0 atom stereocenters. The average Bonchev–Trinajstić information content (AvgIpc) is 3.45. The molecule has 0 saturated heterocycles. The Morgan fingerprint density at radius 2 is 1.80 bits per heavy atom. The van der Waals surface area contributed by atoms with Crippen molar-refractivity contribution in [3.63, 3.8) is 0 Å². The van der Waals surface area contributed by atoms with E-state index in [4.69, 9.17) is 4.74 Å². The highest BCUT2D eigenvalue weighted by Gasteiger charge is 2.24. The molecule has 5 nitrogen and oxygen atoms in total. The van der Waals surface area contributed by atoms with E-state index >= 15 is 0 Å². The van der Waals surface area contributed by atoms with Crippen LogP contribution in [0, 0.1) is 0 Å². The van der Waals surface area contributed by atoms with Gasteiger partial charge in [0, 0.05) is 12.5 Å². The highest BCUT2D eigenvalue weighted by atomic mass is 16.5. The Morgan fingerprint density at radius 1 is 1.08 bits per heavy atom. The van der Waals surface area contributed by atoms with E-state index in [1.807, 2.05) is 30.3 Å². The van der Waals surface area contributed by atoms with Crippen molar-refractivity contribution in [3.8, 4) is 5.75 Å². The van der Waals surface area contributed by atoms with Crippen LogP contribution in [0.4, 0.5) is 5.69 Å². The molecule has 2 N–H and O–H groups in total. The van der Waals surface area contributed by atoms with Crippen molar-refractivity contribution in [2.75, 3.05) is 12.4 Å². The van der Waals surface area contributed by atoms with Gasteiger partial charge in [-0.1, -0.05) is 24.3 Å². The number of benzene rings is 2. The first-order valence-electron chi connectivity index (χ1n) is 8.48. The number of ether oxygens (including phenoxy) is 1. The fraction of sp³-hybridized carbons (Fsp3) is 0.300. The summed E-state index contributed by atoms with van der Waals surface area (Å²) in [6, 6.07) is 15.0. The zero-order valence-corrected chi connectivity index (χ0v) is 14.2. The third kappa shape index (κ3) is 4.83. The van der Waals surface area contributed by atoms with Crippen LogP contribution in [0.5, 0.6) is 5.75 Å². The van der Waals surface area contributed by atoms with Gasteiger partial charge in [-0.05, 0) is 49.1 Å². The van der Waals surface area contributed by atoms with Crippen molar-refractivity contribution >= 4 is 17.5 Å². The van der Waals surface area contributed by atoms with Crippen molar-refractivity contribution in [1.29, 1.82) is 0 Å². The number of anilines is 1. The molecule has 0 unspecified atom stereocenters. The Kier molecular flexibility index (Phi) is 5.33. The van der Waals surface area contributed by atoms with Gasteiger partial charge >= 0.3 is 0 Å². The summed E-state index contributed by atoms with van der Waals surface area (Å²) in [6.45, 7) is 0. The summed E-state index contributed by atoms with van der Waals surface area (Å²) in [5.74, 6) is 0.555. The summed E-state index contributed by atoms with van der Waals surface area (Å²) in [6.07, 6.45) is 3.04. The predicted octanol–water partition coefficient (Wildman–Crippen LogP) is 3.16. The normalized spacial score (nSPS) is 13.2. The SMILES string of the molecule is COc1ccc(CCC(=O)Nc2ccccc2C(=O)NC2CC2)cc1. The maximum Gasteiger partial charge on any atom is 0.253 e. The Labute approximate surface area is 147 Å². The highest BCUT2D eigenvalue weighted by molar-refractivity contribution is 6.03. The zero-order valence-electron chi connectivity index (χ0n) is 14.2. The van der Waals surface area contributed by atoms with Crippen LogP contribution in [-0.2, 0) is 11.2 Å². The number of carbonyl (C=O) groups is 2. The van der Waals surface area contributed by atoms with Crippen LogP contribution in [-0.4, -0.2) is 25.0 Å². The van der Waals surface area contributed by atoms with E-state index in [0.29, 0.717) is 24.1 Å². The largest absolute Gasteiger partial charge is 0.497 e. The van der Waals surface area contributed by atoms with E-state index in [-0.39, 0.29) is 17.9 Å². The van der Waals surface area contributed by atoms with Crippen LogP contribution >= 0.6 is 0 Å². The summed E-state index contributed by atoms with van der Waals surface area (Å²) in [7, 11) is 1.62. The van der Waals surface area contributed by atoms with Gasteiger partial charge in [-0.3, -0.25) is 9.59 Å². The molecule has 1 saturated carbocycles. The molecule has 0 radical (unpaired) electrons. The number of amides is 2. The molecule has 1 aliphatic carbocycles. The summed E-state index contributed by atoms with van der Waals surface area (Å²) >= 11 is 0. The predicted molar refractivity (Wildman–Crippen MR) is 96.9 cm³/mol. The number of rotatable bonds is 7. The van der Waals surface area contributed by atoms with E-state index in [1.54, 1.807) is 25.3 Å². The van der Waals surface area contributed by atoms with E-state index < -0.39 is 0 Å². The molecule has 0 bridgehead atoms. The number of aryl methyl sites for hydroxylation is 1. The smallest absolute Gasteiger partial charge is 0.253 e. The number of hydrogen-bond acceptors (Lipinski definition) is 3. The Bertz CT molecular complexity index is 752. The molecule has 2 aromatic carbocycles. The van der Waals surface area contributed by atoms with Gasteiger partial charge < -0.3 is 15.4 Å². The number of hydrogen-bond donors (Lipinski definition) is 2. The summed E-state index contributed by atoms with van der Waals surface area (Å²) < 4.78 is 5.12. The minimum atomic E-state index is -0.131. The molecular formula is C20H22N2O3. The van der Waals surface area contributed by atoms with Gasteiger partial charge in [0.15, 0.2) is 0 Å². The lowest BCUT2D eigenvalue weighted by Crippen LogP contribution is -2.27. The van der Waals surface area contributed by atoms with Gasteiger partial charge in [0.1, 0.15) is 5.75 Å². The second kappa shape index (κ2) is 7.83. The van der Waals surface area contributed by atoms with Crippen molar-refractivity contribution < 1.29 is 14.3 Å². The van der Waals surface area contributed by atoms with E-state index in [2.05, 4.69) is 10.6 Å². The third-order valence-corrected chi connectivity index (χ3v) is 4.16. The van der Waals surface area contributed by atoms with Crippen LogP contribution < -0.4 is 15.4 Å². The van der Waals surface area contributed by atoms with Gasteiger partial charge in [0.25, 0.3) is 5.91 Å². The van der Waals surface area contributed by atoms with Crippen LogP contribution in [0.3, 0.4) is 0 Å². The number of nitrogens with one attached hydrogen (secondary N) is 2. The highest BCUT2D eigenvalue weighted by Crippen LogP contribution is 2.22. The van der Waals surface area contributed by atoms with Crippen LogP contribution in [0.1, 0.15) is 35.2 Å². The molecule has 1 fully saturated rings. The number of para-hydroxylation sites is 1. The molecular weight excluding hydrogens is 316 g/mol. The first kappa shape index (κ1) is 17.0. The second-order valence-corrected chi connectivity index (χ2v) is 6.19. The van der Waals surface area contributed by atoms with Gasteiger partial charge in [0.2, 0.25) is 5.91 Å². The monoisotopic (exact) mass is 338 g/mol. The molecule has 130 valence electrons. The molecule has 2 amide bonds. The Morgan fingerprint density at radius 3 is 2.48 bits per heavy atom. The van der Waals surface area contributed by atoms with E-state index in [0.717, 1.165) is 24.2 Å². The molecule has 3 rings (SSSR count). The van der Waals surface area contributed by atoms with Gasteiger partial charge in [-0.15, -0.1) is 0 Å². The first-order valence-corrected chi connectivity index (χ1v) is 8.48. The summed E-state index contributed by atoms with van der Waals surface area (Å²) in [5.41, 5.74) is 2.13. The lowest BCUT2D eigenvalue weighted by atomic mass is 10.1. The van der Waals surface area contributed by atoms with Crippen molar-refractivity contribution in [3.05, 3.63) is 59.7 Å². The Balaban J connectivity index is 1.57. The van der Waals surface area contributed by atoms with Crippen molar-refractivity contribution in [2.24, 2.45) is 0 Å². The average molecular weight is 338 g/mol. The summed E-state index contributed by atoms with van der Waals surface area (Å²) in [4.78, 5) is 24.5. The second-order valence-electron chi connectivity index (χ2n) is 6.19. The van der Waals surface area contributed by atoms with Crippen LogP contribution in [0.2, 0.25) is 0 Å². The topological polar surface area (TPSA) is 67.4 Å².